The Labute approximate surface area is 137 Å². The van der Waals surface area contributed by atoms with Crippen LogP contribution in [0.3, 0.4) is 0 Å². The van der Waals surface area contributed by atoms with Crippen LogP contribution in [-0.2, 0) is 4.79 Å². The van der Waals surface area contributed by atoms with Crippen LogP contribution >= 0.6 is 15.9 Å². The van der Waals surface area contributed by atoms with E-state index in [2.05, 4.69) is 26.8 Å². The van der Waals surface area contributed by atoms with Crippen molar-refractivity contribution >= 4 is 27.7 Å². The lowest BCUT2D eigenvalue weighted by Crippen LogP contribution is -2.42. The minimum Gasteiger partial charge on any atom is -0.273 e. The molecular weight excluding hydrogens is 344 g/mol. The number of hydrogen-bond donors (Lipinski definition) is 2. The first-order chi connectivity index (χ1) is 10.7. The Kier molecular flexibility index (Phi) is 4.24. The van der Waals surface area contributed by atoms with Crippen LogP contribution in [0.15, 0.2) is 59.1 Å². The molecule has 0 heterocycles. The molecule has 22 heavy (non-hydrogen) atoms. The Morgan fingerprint density at radius 1 is 0.955 bits per heavy atom. The molecule has 0 aliphatic heterocycles. The van der Waals surface area contributed by atoms with Crippen molar-refractivity contribution in [3.8, 4) is 0 Å². The number of halogens is 1. The highest BCUT2D eigenvalue weighted by Gasteiger charge is 2.43. The van der Waals surface area contributed by atoms with Gasteiger partial charge in [0.2, 0.25) is 5.91 Å². The van der Waals surface area contributed by atoms with Crippen molar-refractivity contribution in [1.29, 1.82) is 0 Å². The average molecular weight is 359 g/mol. The maximum atomic E-state index is 12.1. The van der Waals surface area contributed by atoms with E-state index < -0.39 is 0 Å². The SMILES string of the molecule is O=C(NNC(=O)[C@H]1C[C@H]1c1ccccc1)c1ccccc1Br. The number of benzene rings is 2. The number of carbonyl (C=O) groups excluding carboxylic acids is 2. The molecule has 0 radical (unpaired) electrons. The van der Waals surface area contributed by atoms with Crippen LogP contribution in [0.2, 0.25) is 0 Å². The van der Waals surface area contributed by atoms with E-state index in [1.807, 2.05) is 36.4 Å². The van der Waals surface area contributed by atoms with Crippen LogP contribution < -0.4 is 10.9 Å². The summed E-state index contributed by atoms with van der Waals surface area (Å²) in [6, 6.07) is 17.0. The molecule has 112 valence electrons. The van der Waals surface area contributed by atoms with Gasteiger partial charge in [-0.25, -0.2) is 0 Å². The Bertz CT molecular complexity index is 703. The minimum absolute atomic E-state index is 0.0677. The van der Waals surface area contributed by atoms with Crippen molar-refractivity contribution in [1.82, 2.24) is 10.9 Å². The summed E-state index contributed by atoms with van der Waals surface area (Å²) in [6.45, 7) is 0. The summed E-state index contributed by atoms with van der Waals surface area (Å²) >= 11 is 3.31. The molecule has 4 nitrogen and oxygen atoms in total. The first-order valence-electron chi connectivity index (χ1n) is 7.06. The van der Waals surface area contributed by atoms with Gasteiger partial charge in [-0.05, 0) is 46.0 Å². The number of hydrazine groups is 1. The Morgan fingerprint density at radius 2 is 1.64 bits per heavy atom. The van der Waals surface area contributed by atoms with Crippen LogP contribution in [0.5, 0.6) is 0 Å². The number of hydrogen-bond acceptors (Lipinski definition) is 2. The van der Waals surface area contributed by atoms with Gasteiger partial charge in [-0.3, -0.25) is 20.4 Å². The van der Waals surface area contributed by atoms with Gasteiger partial charge in [-0.2, -0.15) is 0 Å². The lowest BCUT2D eigenvalue weighted by atomic mass is 10.1. The third kappa shape index (κ3) is 3.20. The van der Waals surface area contributed by atoms with E-state index >= 15 is 0 Å². The molecule has 1 saturated carbocycles. The molecule has 0 spiro atoms. The molecule has 2 N–H and O–H groups in total. The highest BCUT2D eigenvalue weighted by atomic mass is 79.9. The summed E-state index contributed by atoms with van der Waals surface area (Å²) in [5.41, 5.74) is 6.63. The summed E-state index contributed by atoms with van der Waals surface area (Å²) in [7, 11) is 0. The molecule has 1 aliphatic rings. The summed E-state index contributed by atoms with van der Waals surface area (Å²) in [5.74, 6) is -0.296. The van der Waals surface area contributed by atoms with E-state index in [1.54, 1.807) is 18.2 Å². The van der Waals surface area contributed by atoms with E-state index in [9.17, 15) is 9.59 Å². The van der Waals surface area contributed by atoms with Crippen LogP contribution in [0.1, 0.15) is 28.3 Å². The van der Waals surface area contributed by atoms with Crippen molar-refractivity contribution in [2.75, 3.05) is 0 Å². The molecule has 1 fully saturated rings. The minimum atomic E-state index is -0.335. The topological polar surface area (TPSA) is 58.2 Å². The van der Waals surface area contributed by atoms with Crippen LogP contribution in [0.4, 0.5) is 0 Å². The van der Waals surface area contributed by atoms with Crippen molar-refractivity contribution in [3.05, 3.63) is 70.2 Å². The second-order valence-electron chi connectivity index (χ2n) is 5.28. The third-order valence-electron chi connectivity index (χ3n) is 3.77. The van der Waals surface area contributed by atoms with Crippen molar-refractivity contribution in [3.63, 3.8) is 0 Å². The molecule has 5 heteroatoms. The standard InChI is InChI=1S/C17H15BrN2O2/c18-15-9-5-4-8-12(15)16(21)19-20-17(22)14-10-13(14)11-6-2-1-3-7-11/h1-9,13-14H,10H2,(H,19,21)(H,20,22)/t13-,14-/m0/s1. The molecule has 1 aliphatic carbocycles. The fourth-order valence-electron chi connectivity index (χ4n) is 2.48. The fraction of sp³-hybridized carbons (Fsp3) is 0.176. The number of amides is 2. The van der Waals surface area contributed by atoms with Gasteiger partial charge in [-0.15, -0.1) is 0 Å². The Morgan fingerprint density at radius 3 is 2.36 bits per heavy atom. The van der Waals surface area contributed by atoms with Crippen molar-refractivity contribution < 1.29 is 9.59 Å². The number of nitrogens with one attached hydrogen (secondary N) is 2. The molecule has 0 unspecified atom stereocenters. The highest BCUT2D eigenvalue weighted by molar-refractivity contribution is 9.10. The molecule has 0 bridgehead atoms. The predicted molar refractivity (Wildman–Crippen MR) is 87.0 cm³/mol. The maximum absolute atomic E-state index is 12.1. The van der Waals surface area contributed by atoms with E-state index in [1.165, 1.54) is 5.56 Å². The van der Waals surface area contributed by atoms with Gasteiger partial charge in [0, 0.05) is 10.4 Å². The molecular formula is C17H15BrN2O2. The molecule has 2 aromatic carbocycles. The molecule has 2 aromatic rings. The second kappa shape index (κ2) is 6.32. The number of carbonyl (C=O) groups is 2. The predicted octanol–water partition coefficient (Wildman–Crippen LogP) is 3.01. The molecule has 0 aromatic heterocycles. The number of rotatable bonds is 3. The smallest absolute Gasteiger partial charge is 0.270 e. The lowest BCUT2D eigenvalue weighted by molar-refractivity contribution is -0.123. The van der Waals surface area contributed by atoms with Gasteiger partial charge in [-0.1, -0.05) is 42.5 Å². The highest BCUT2D eigenvalue weighted by Crippen LogP contribution is 2.47. The van der Waals surface area contributed by atoms with Crippen molar-refractivity contribution in [2.45, 2.75) is 12.3 Å². The first-order valence-corrected chi connectivity index (χ1v) is 7.86. The van der Waals surface area contributed by atoms with Crippen LogP contribution in [0.25, 0.3) is 0 Å². The third-order valence-corrected chi connectivity index (χ3v) is 4.46. The van der Waals surface area contributed by atoms with E-state index in [4.69, 9.17) is 0 Å². The largest absolute Gasteiger partial charge is 0.273 e. The zero-order chi connectivity index (χ0) is 15.5. The normalized spacial score (nSPS) is 19.3. The van der Waals surface area contributed by atoms with Gasteiger partial charge in [0.15, 0.2) is 0 Å². The first kappa shape index (κ1) is 14.8. The molecule has 2 atom stereocenters. The van der Waals surface area contributed by atoms with E-state index in [-0.39, 0.29) is 23.7 Å². The summed E-state index contributed by atoms with van der Waals surface area (Å²) in [5, 5.41) is 0. The van der Waals surface area contributed by atoms with Crippen LogP contribution in [-0.4, -0.2) is 11.8 Å². The molecule has 2 amide bonds. The second-order valence-corrected chi connectivity index (χ2v) is 6.14. The fourth-order valence-corrected chi connectivity index (χ4v) is 2.94. The molecule has 0 saturated heterocycles. The zero-order valence-electron chi connectivity index (χ0n) is 11.8. The van der Waals surface area contributed by atoms with Gasteiger partial charge in [0.1, 0.15) is 0 Å². The average Bonchev–Trinajstić information content (AvgIpc) is 3.34. The lowest BCUT2D eigenvalue weighted by Gasteiger charge is -2.08. The zero-order valence-corrected chi connectivity index (χ0v) is 13.3. The van der Waals surface area contributed by atoms with E-state index in [0.717, 1.165) is 6.42 Å². The van der Waals surface area contributed by atoms with Gasteiger partial charge in [0.05, 0.1) is 5.56 Å². The monoisotopic (exact) mass is 358 g/mol. The van der Waals surface area contributed by atoms with Gasteiger partial charge in [0.25, 0.3) is 5.91 Å². The van der Waals surface area contributed by atoms with Gasteiger partial charge < -0.3 is 0 Å². The Hall–Kier alpha value is -2.14. The summed E-state index contributed by atoms with van der Waals surface area (Å²) in [6.07, 6.45) is 0.820. The maximum Gasteiger partial charge on any atom is 0.270 e. The summed E-state index contributed by atoms with van der Waals surface area (Å²) in [4.78, 5) is 24.1. The quantitative estimate of drug-likeness (QED) is 0.828. The van der Waals surface area contributed by atoms with E-state index in [0.29, 0.717) is 10.0 Å². The molecule has 3 rings (SSSR count). The Balaban J connectivity index is 1.54. The van der Waals surface area contributed by atoms with Crippen molar-refractivity contribution in [2.24, 2.45) is 5.92 Å². The summed E-state index contributed by atoms with van der Waals surface area (Å²) < 4.78 is 0.690. The van der Waals surface area contributed by atoms with Gasteiger partial charge >= 0.3 is 0 Å². The van der Waals surface area contributed by atoms with Crippen LogP contribution in [0, 0.1) is 5.92 Å².